The van der Waals surface area contributed by atoms with Crippen molar-refractivity contribution in [2.75, 3.05) is 18.5 Å². The number of rotatable bonds is 7. The van der Waals surface area contributed by atoms with Crippen molar-refractivity contribution in [3.8, 4) is 0 Å². The lowest BCUT2D eigenvalue weighted by Crippen LogP contribution is -2.31. The summed E-state index contributed by atoms with van der Waals surface area (Å²) in [7, 11) is 0. The molecule has 1 rings (SSSR count). The van der Waals surface area contributed by atoms with Gasteiger partial charge in [-0.25, -0.2) is 4.98 Å². The summed E-state index contributed by atoms with van der Waals surface area (Å²) in [6.07, 6.45) is 0. The maximum absolute atomic E-state index is 5.67. The normalized spacial score (nSPS) is 12.5. The number of nitrogens with two attached hydrogens (primary N) is 1. The summed E-state index contributed by atoms with van der Waals surface area (Å²) in [5, 5.41) is 3.40. The fraction of sp³-hybridized carbons (Fsp3) is 0.571. The Bertz CT molecular complexity index is 435. The third kappa shape index (κ3) is 5.12. The van der Waals surface area contributed by atoms with Crippen molar-refractivity contribution in [2.24, 2.45) is 11.7 Å². The summed E-state index contributed by atoms with van der Waals surface area (Å²) in [6, 6.07) is 3.99. The first-order chi connectivity index (χ1) is 8.93. The van der Waals surface area contributed by atoms with Crippen LogP contribution in [0.2, 0.25) is 0 Å². The van der Waals surface area contributed by atoms with Crippen LogP contribution in [0.5, 0.6) is 0 Å². The molecule has 1 unspecified atom stereocenters. The molecule has 1 aromatic rings. The molecule has 0 bridgehead atoms. The molecule has 0 spiro atoms. The molecular formula is C14H23N3OS. The maximum Gasteiger partial charge on any atom is 0.127 e. The Balaban J connectivity index is 2.86. The molecule has 0 amide bonds. The fourth-order valence-electron chi connectivity index (χ4n) is 1.72. The van der Waals surface area contributed by atoms with Crippen LogP contribution in [-0.2, 0) is 4.74 Å². The lowest BCUT2D eigenvalue weighted by Gasteiger charge is -2.23. The van der Waals surface area contributed by atoms with Gasteiger partial charge in [0.1, 0.15) is 10.8 Å². The molecule has 4 nitrogen and oxygen atoms in total. The average Bonchev–Trinajstić information content (AvgIpc) is 2.33. The highest BCUT2D eigenvalue weighted by Gasteiger charge is 2.14. The Labute approximate surface area is 120 Å². The van der Waals surface area contributed by atoms with Gasteiger partial charge in [-0.15, -0.1) is 0 Å². The summed E-state index contributed by atoms with van der Waals surface area (Å²) in [5.41, 5.74) is 7.41. The number of nitrogens with one attached hydrogen (secondary N) is 1. The van der Waals surface area contributed by atoms with Crippen molar-refractivity contribution < 1.29 is 4.74 Å². The number of pyridine rings is 1. The van der Waals surface area contributed by atoms with E-state index in [0.717, 1.165) is 17.1 Å². The third-order valence-corrected chi connectivity index (χ3v) is 3.11. The predicted molar refractivity (Wildman–Crippen MR) is 83.6 cm³/mol. The van der Waals surface area contributed by atoms with Crippen LogP contribution in [0, 0.1) is 12.8 Å². The first-order valence-electron chi connectivity index (χ1n) is 6.56. The Kier molecular flexibility index (Phi) is 6.18. The largest absolute Gasteiger partial charge is 0.389 e. The fourth-order valence-corrected chi connectivity index (χ4v) is 1.84. The lowest BCUT2D eigenvalue weighted by molar-refractivity contribution is 0.126. The molecule has 1 atom stereocenters. The highest BCUT2D eigenvalue weighted by molar-refractivity contribution is 7.80. The van der Waals surface area contributed by atoms with Crippen LogP contribution in [0.25, 0.3) is 0 Å². The van der Waals surface area contributed by atoms with E-state index in [2.05, 4.69) is 24.1 Å². The zero-order valence-electron chi connectivity index (χ0n) is 12.1. The zero-order chi connectivity index (χ0) is 14.4. The molecule has 0 saturated carbocycles. The summed E-state index contributed by atoms with van der Waals surface area (Å²) < 4.78 is 5.50. The number of anilines is 1. The number of nitrogens with zero attached hydrogens (tertiary/aromatic N) is 1. The lowest BCUT2D eigenvalue weighted by atomic mass is 10.1. The van der Waals surface area contributed by atoms with Gasteiger partial charge >= 0.3 is 0 Å². The summed E-state index contributed by atoms with van der Waals surface area (Å²) >= 11 is 5.01. The van der Waals surface area contributed by atoms with E-state index in [0.29, 0.717) is 24.1 Å². The van der Waals surface area contributed by atoms with E-state index in [1.165, 1.54) is 0 Å². The zero-order valence-corrected chi connectivity index (χ0v) is 12.9. The number of hydrogen-bond acceptors (Lipinski definition) is 4. The molecule has 5 heteroatoms. The Morgan fingerprint density at radius 1 is 1.47 bits per heavy atom. The quantitative estimate of drug-likeness (QED) is 0.752. The van der Waals surface area contributed by atoms with Gasteiger partial charge in [-0.1, -0.05) is 26.1 Å². The number of aryl methyl sites for hydroxylation is 1. The van der Waals surface area contributed by atoms with E-state index in [-0.39, 0.29) is 6.04 Å². The molecule has 1 heterocycles. The van der Waals surface area contributed by atoms with E-state index in [9.17, 15) is 0 Å². The minimum Gasteiger partial charge on any atom is -0.389 e. The molecule has 3 N–H and O–H groups in total. The predicted octanol–water partition coefficient (Wildman–Crippen LogP) is 2.50. The SMILES string of the molecule is CCOCC(Nc1cc(C(N)=S)cc(C)n1)C(C)C. The smallest absolute Gasteiger partial charge is 0.127 e. The number of aromatic nitrogens is 1. The highest BCUT2D eigenvalue weighted by atomic mass is 32.1. The summed E-state index contributed by atoms with van der Waals surface area (Å²) in [6.45, 7) is 9.60. The number of ether oxygens (including phenoxy) is 1. The average molecular weight is 281 g/mol. The monoisotopic (exact) mass is 281 g/mol. The van der Waals surface area contributed by atoms with Gasteiger partial charge < -0.3 is 15.8 Å². The Morgan fingerprint density at radius 3 is 2.68 bits per heavy atom. The topological polar surface area (TPSA) is 60.2 Å². The Hall–Kier alpha value is -1.20. The maximum atomic E-state index is 5.67. The Morgan fingerprint density at radius 2 is 2.16 bits per heavy atom. The molecule has 106 valence electrons. The van der Waals surface area contributed by atoms with Crippen molar-refractivity contribution in [1.82, 2.24) is 4.98 Å². The van der Waals surface area contributed by atoms with E-state index in [1.54, 1.807) is 0 Å². The van der Waals surface area contributed by atoms with Crippen LogP contribution in [0.1, 0.15) is 32.0 Å². The molecule has 0 radical (unpaired) electrons. The van der Waals surface area contributed by atoms with Crippen molar-refractivity contribution in [1.29, 1.82) is 0 Å². The number of hydrogen-bond donors (Lipinski definition) is 2. The van der Waals surface area contributed by atoms with Crippen LogP contribution < -0.4 is 11.1 Å². The van der Waals surface area contributed by atoms with Crippen LogP contribution in [0.15, 0.2) is 12.1 Å². The molecular weight excluding hydrogens is 258 g/mol. The van der Waals surface area contributed by atoms with Crippen LogP contribution in [-0.4, -0.2) is 29.2 Å². The van der Waals surface area contributed by atoms with Gasteiger partial charge in [0.05, 0.1) is 12.6 Å². The third-order valence-electron chi connectivity index (χ3n) is 2.88. The highest BCUT2D eigenvalue weighted by Crippen LogP contribution is 2.14. The summed E-state index contributed by atoms with van der Waals surface area (Å²) in [4.78, 5) is 4.85. The molecule has 0 fully saturated rings. The minimum absolute atomic E-state index is 0.216. The van der Waals surface area contributed by atoms with Gasteiger partial charge in [0.15, 0.2) is 0 Å². The van der Waals surface area contributed by atoms with Gasteiger partial charge in [0, 0.05) is 17.9 Å². The minimum atomic E-state index is 0.216. The second-order valence-electron chi connectivity index (χ2n) is 4.90. The van der Waals surface area contributed by atoms with E-state index in [1.807, 2.05) is 26.0 Å². The second kappa shape index (κ2) is 7.40. The molecule has 0 aliphatic heterocycles. The van der Waals surface area contributed by atoms with Crippen molar-refractivity contribution in [2.45, 2.75) is 33.7 Å². The van der Waals surface area contributed by atoms with Gasteiger partial charge in [-0.2, -0.15) is 0 Å². The molecule has 0 aromatic carbocycles. The second-order valence-corrected chi connectivity index (χ2v) is 5.34. The van der Waals surface area contributed by atoms with Gasteiger partial charge in [0.2, 0.25) is 0 Å². The van der Waals surface area contributed by atoms with Crippen molar-refractivity contribution in [3.05, 3.63) is 23.4 Å². The molecule has 19 heavy (non-hydrogen) atoms. The van der Waals surface area contributed by atoms with Gasteiger partial charge in [-0.3, -0.25) is 0 Å². The molecule has 0 aliphatic rings. The molecule has 0 saturated heterocycles. The van der Waals surface area contributed by atoms with Crippen molar-refractivity contribution >= 4 is 23.0 Å². The van der Waals surface area contributed by atoms with Crippen LogP contribution in [0.3, 0.4) is 0 Å². The van der Waals surface area contributed by atoms with E-state index in [4.69, 9.17) is 22.7 Å². The van der Waals surface area contributed by atoms with E-state index < -0.39 is 0 Å². The van der Waals surface area contributed by atoms with Crippen LogP contribution >= 0.6 is 12.2 Å². The van der Waals surface area contributed by atoms with Crippen LogP contribution in [0.4, 0.5) is 5.82 Å². The van der Waals surface area contributed by atoms with E-state index >= 15 is 0 Å². The molecule has 0 aliphatic carbocycles. The van der Waals surface area contributed by atoms with Gasteiger partial charge in [-0.05, 0) is 31.9 Å². The number of thiocarbonyl (C=S) groups is 1. The first-order valence-corrected chi connectivity index (χ1v) is 6.97. The standard InChI is InChI=1S/C14H23N3OS/c1-5-18-8-12(9(2)3)17-13-7-11(14(15)19)6-10(4)16-13/h6-7,9,12H,5,8H2,1-4H3,(H2,15,19)(H,16,17). The van der Waals surface area contributed by atoms with Crippen molar-refractivity contribution in [3.63, 3.8) is 0 Å². The van der Waals surface area contributed by atoms with Gasteiger partial charge in [0.25, 0.3) is 0 Å². The first kappa shape index (κ1) is 15.9. The summed E-state index contributed by atoms with van der Waals surface area (Å²) in [5.74, 6) is 1.24. The molecule has 1 aromatic heterocycles.